The Balaban J connectivity index is 1.33. The van der Waals surface area contributed by atoms with E-state index in [0.717, 1.165) is 29.0 Å². The van der Waals surface area contributed by atoms with Crippen LogP contribution in [-0.4, -0.2) is 80.3 Å². The summed E-state index contributed by atoms with van der Waals surface area (Å²) < 4.78 is 47.5. The molecule has 258 valence electrons. The van der Waals surface area contributed by atoms with Gasteiger partial charge in [0.25, 0.3) is 11.5 Å². The van der Waals surface area contributed by atoms with Gasteiger partial charge in [-0.05, 0) is 67.7 Å². The van der Waals surface area contributed by atoms with Crippen LogP contribution >= 0.6 is 0 Å². The Bertz CT molecular complexity index is 1980. The van der Waals surface area contributed by atoms with Gasteiger partial charge in [-0.1, -0.05) is 26.0 Å². The molecule has 15 heteroatoms. The Kier molecular flexibility index (Phi) is 9.54. The van der Waals surface area contributed by atoms with E-state index in [1.807, 2.05) is 43.9 Å². The Morgan fingerprint density at radius 3 is 2.35 bits per heavy atom. The molecule has 5 heterocycles. The number of fused-ring (bicyclic) bond motifs is 1. The number of carbonyl (C=O) groups is 2. The second-order valence-electron chi connectivity index (χ2n) is 12.0. The normalized spacial score (nSPS) is 15.4. The number of hydrogen-bond donors (Lipinski definition) is 1. The molecule has 2 aliphatic rings. The van der Waals surface area contributed by atoms with Gasteiger partial charge < -0.3 is 24.4 Å². The minimum Gasteiger partial charge on any atom is -0.377 e. The van der Waals surface area contributed by atoms with E-state index >= 15 is 0 Å². The molecule has 0 saturated carbocycles. The van der Waals surface area contributed by atoms with Crippen molar-refractivity contribution >= 4 is 34.5 Å². The molecule has 0 atom stereocenters. The number of amides is 2. The van der Waals surface area contributed by atoms with Crippen molar-refractivity contribution in [2.24, 2.45) is 0 Å². The zero-order valence-corrected chi connectivity index (χ0v) is 27.5. The lowest BCUT2D eigenvalue weighted by Gasteiger charge is -2.37. The molecule has 1 fully saturated rings. The predicted molar refractivity (Wildman–Crippen MR) is 177 cm³/mol. The van der Waals surface area contributed by atoms with Crippen molar-refractivity contribution in [3.8, 4) is 0 Å². The molecule has 1 aromatic carbocycles. The third-order valence-electron chi connectivity index (χ3n) is 8.79. The number of piperazine rings is 1. The molecular formula is C34H37F3N8O4. The van der Waals surface area contributed by atoms with E-state index in [9.17, 15) is 27.6 Å². The average Bonchev–Trinajstić information content (AvgIpc) is 3.55. The van der Waals surface area contributed by atoms with Gasteiger partial charge in [0.2, 0.25) is 11.7 Å². The number of anilines is 2. The third-order valence-corrected chi connectivity index (χ3v) is 8.79. The Labute approximate surface area is 280 Å². The fraction of sp³-hybridized carbons (Fsp3) is 0.412. The van der Waals surface area contributed by atoms with Crippen molar-refractivity contribution < 1.29 is 27.5 Å². The first-order valence-corrected chi connectivity index (χ1v) is 16.3. The smallest absolute Gasteiger partial charge is 0.377 e. The zero-order chi connectivity index (χ0) is 34.9. The number of nitrogens with zero attached hydrogens (tertiary/aromatic N) is 7. The molecule has 1 saturated heterocycles. The summed E-state index contributed by atoms with van der Waals surface area (Å²) >= 11 is 0. The van der Waals surface area contributed by atoms with E-state index in [0.29, 0.717) is 81.6 Å². The number of aromatic nitrogens is 5. The largest absolute Gasteiger partial charge is 0.416 e. The lowest BCUT2D eigenvalue weighted by atomic mass is 10.1. The number of rotatable bonds is 8. The minimum atomic E-state index is -4.50. The van der Waals surface area contributed by atoms with Gasteiger partial charge in [0.1, 0.15) is 17.9 Å². The van der Waals surface area contributed by atoms with E-state index < -0.39 is 23.2 Å². The molecule has 49 heavy (non-hydrogen) atoms. The van der Waals surface area contributed by atoms with Gasteiger partial charge >= 0.3 is 6.18 Å². The van der Waals surface area contributed by atoms with Crippen LogP contribution in [-0.2, 0) is 35.1 Å². The van der Waals surface area contributed by atoms with E-state index in [-0.39, 0.29) is 23.9 Å². The zero-order valence-electron chi connectivity index (χ0n) is 27.5. The number of aryl methyl sites for hydroxylation is 2. The van der Waals surface area contributed by atoms with Crippen LogP contribution in [0.5, 0.6) is 0 Å². The summed E-state index contributed by atoms with van der Waals surface area (Å²) in [6.45, 7) is 7.69. The fourth-order valence-electron chi connectivity index (χ4n) is 6.22. The molecule has 2 aliphatic heterocycles. The topological polar surface area (TPSA) is 127 Å². The lowest BCUT2D eigenvalue weighted by molar-refractivity contribution is -0.137. The van der Waals surface area contributed by atoms with E-state index in [1.165, 1.54) is 16.6 Å². The van der Waals surface area contributed by atoms with Crippen LogP contribution in [0, 0.1) is 6.92 Å². The highest BCUT2D eigenvalue weighted by molar-refractivity contribution is 5.94. The van der Waals surface area contributed by atoms with Gasteiger partial charge in [0.05, 0.1) is 24.5 Å². The van der Waals surface area contributed by atoms with Crippen LogP contribution in [0.3, 0.4) is 0 Å². The Hall–Kier alpha value is -5.05. The van der Waals surface area contributed by atoms with Crippen molar-refractivity contribution in [2.45, 2.75) is 52.8 Å². The summed E-state index contributed by atoms with van der Waals surface area (Å²) in [6.07, 6.45) is -1.06. The van der Waals surface area contributed by atoms with E-state index in [4.69, 9.17) is 9.72 Å². The number of carbonyl (C=O) groups excluding carboxylic acids is 2. The molecule has 4 aromatic rings. The number of ether oxygens (including phenoxy) is 1. The molecule has 0 aliphatic carbocycles. The van der Waals surface area contributed by atoms with Gasteiger partial charge in [0.15, 0.2) is 5.82 Å². The average molecular weight is 679 g/mol. The number of halogens is 3. The minimum absolute atomic E-state index is 0.158. The van der Waals surface area contributed by atoms with Crippen molar-refractivity contribution in [2.75, 3.05) is 49.6 Å². The maximum Gasteiger partial charge on any atom is 0.416 e. The van der Waals surface area contributed by atoms with Gasteiger partial charge in [-0.25, -0.2) is 4.98 Å². The maximum absolute atomic E-state index is 14.2. The van der Waals surface area contributed by atoms with Gasteiger partial charge in [-0.2, -0.15) is 22.7 Å². The summed E-state index contributed by atoms with van der Waals surface area (Å²) in [5, 5.41) is 7.23. The number of alkyl halides is 3. The highest BCUT2D eigenvalue weighted by Gasteiger charge is 2.31. The molecule has 2 amide bonds. The van der Waals surface area contributed by atoms with Gasteiger partial charge in [0, 0.05) is 37.6 Å². The summed E-state index contributed by atoms with van der Waals surface area (Å²) in [4.78, 5) is 54.0. The fourth-order valence-corrected chi connectivity index (χ4v) is 6.22. The first kappa shape index (κ1) is 33.8. The van der Waals surface area contributed by atoms with Gasteiger partial charge in [-0.3, -0.25) is 14.4 Å². The highest BCUT2D eigenvalue weighted by atomic mass is 19.4. The third kappa shape index (κ3) is 6.93. The number of benzene rings is 1. The van der Waals surface area contributed by atoms with Crippen LogP contribution in [0.15, 0.2) is 47.3 Å². The number of hydrogen-bond acceptors (Lipinski definition) is 8. The summed E-state index contributed by atoms with van der Waals surface area (Å²) in [5.41, 5.74) is 2.75. The highest BCUT2D eigenvalue weighted by Crippen LogP contribution is 2.30. The Morgan fingerprint density at radius 2 is 1.71 bits per heavy atom. The Morgan fingerprint density at radius 1 is 0.980 bits per heavy atom. The van der Waals surface area contributed by atoms with Crippen molar-refractivity contribution in [1.29, 1.82) is 0 Å². The second kappa shape index (κ2) is 13.8. The first-order chi connectivity index (χ1) is 23.5. The maximum atomic E-state index is 14.2. The number of pyridine rings is 1. The predicted octanol–water partition coefficient (Wildman–Crippen LogP) is 4.14. The van der Waals surface area contributed by atoms with E-state index in [2.05, 4.69) is 15.4 Å². The molecule has 1 N–H and O–H groups in total. The van der Waals surface area contributed by atoms with Crippen LogP contribution < -0.4 is 15.8 Å². The quantitative estimate of drug-likeness (QED) is 0.295. The molecule has 0 radical (unpaired) electrons. The molecule has 6 rings (SSSR count). The molecular weight excluding hydrogens is 641 g/mol. The molecule has 0 bridgehead atoms. The summed E-state index contributed by atoms with van der Waals surface area (Å²) in [6, 6.07) is 8.00. The van der Waals surface area contributed by atoms with Crippen LogP contribution in [0.2, 0.25) is 0 Å². The molecule has 12 nitrogen and oxygen atoms in total. The molecule has 0 spiro atoms. The standard InChI is InChI=1S/C34H37F3N8O4/c1-4-22-7-6-21(3)38-28(22)31(47)43-16-14-42(15-17-43)29-26(5-2)44(20-27(46)39-25-10-8-24(9-11-25)34(35,36)37)33-40-30(41-45(33)32(29)48)23-12-18-49-19-13-23/h6-12H,4-5,13-20H2,1-3H3,(H,39,46). The molecule has 3 aromatic heterocycles. The van der Waals surface area contributed by atoms with Crippen molar-refractivity contribution in [3.05, 3.63) is 86.9 Å². The van der Waals surface area contributed by atoms with Crippen LogP contribution in [0.4, 0.5) is 24.5 Å². The first-order valence-electron chi connectivity index (χ1n) is 16.3. The van der Waals surface area contributed by atoms with Gasteiger partial charge in [-0.15, -0.1) is 5.10 Å². The van der Waals surface area contributed by atoms with Crippen LogP contribution in [0.25, 0.3) is 11.4 Å². The molecule has 0 unspecified atom stereocenters. The summed E-state index contributed by atoms with van der Waals surface area (Å²) in [7, 11) is 0. The van der Waals surface area contributed by atoms with E-state index in [1.54, 1.807) is 9.47 Å². The number of nitrogens with one attached hydrogen (secondary N) is 1. The van der Waals surface area contributed by atoms with Crippen molar-refractivity contribution in [3.63, 3.8) is 0 Å². The monoisotopic (exact) mass is 678 g/mol. The lowest BCUT2D eigenvalue weighted by Crippen LogP contribution is -2.51. The SMILES string of the molecule is CCc1ccc(C)nc1C(=O)N1CCN(c2c(CC)n(CC(=O)Nc3ccc(C(F)(F)F)cc3)c3nc(C4=CCOCC4)nn3c2=O)CC1. The second-order valence-corrected chi connectivity index (χ2v) is 12.0. The van der Waals surface area contributed by atoms with Crippen LogP contribution in [0.1, 0.15) is 59.1 Å². The van der Waals surface area contributed by atoms with Crippen molar-refractivity contribution in [1.82, 2.24) is 29.0 Å². The summed E-state index contributed by atoms with van der Waals surface area (Å²) in [5.74, 6) is -0.158.